The maximum atomic E-state index is 10.5. The van der Waals surface area contributed by atoms with Crippen LogP contribution in [0.1, 0.15) is 10.4 Å². The van der Waals surface area contributed by atoms with E-state index in [1.54, 1.807) is 0 Å². The molecule has 0 heterocycles. The summed E-state index contributed by atoms with van der Waals surface area (Å²) in [4.78, 5) is 20.5. The van der Waals surface area contributed by atoms with E-state index in [1.807, 2.05) is 0 Å². The highest BCUT2D eigenvalue weighted by molar-refractivity contribution is 5.88. The first-order valence-corrected chi connectivity index (χ1v) is 3.55. The molecule has 0 fully saturated rings. The first-order valence-electron chi connectivity index (χ1n) is 3.55. The van der Waals surface area contributed by atoms with Gasteiger partial charge < -0.3 is 5.11 Å². The third-order valence-corrected chi connectivity index (χ3v) is 1.61. The molecule has 5 nitrogen and oxygen atoms in total. The van der Waals surface area contributed by atoms with Gasteiger partial charge in [0.25, 0.3) is 0 Å². The number of carboxylic acids is 1. The summed E-state index contributed by atoms with van der Waals surface area (Å²) in [6.45, 7) is 0. The molecule has 1 rings (SSSR count). The van der Waals surface area contributed by atoms with E-state index in [9.17, 15) is 9.70 Å². The first kappa shape index (κ1) is 9.18. The Morgan fingerprint density at radius 3 is 2.31 bits per heavy atom. The van der Waals surface area contributed by atoms with Crippen molar-refractivity contribution in [1.29, 1.82) is 0 Å². The molecule has 13 heavy (non-hydrogen) atoms. The van der Waals surface area contributed by atoms with Gasteiger partial charge in [0, 0.05) is 7.05 Å². The van der Waals surface area contributed by atoms with Gasteiger partial charge in [-0.3, -0.25) is 0 Å². The van der Waals surface area contributed by atoms with Crippen LogP contribution in [0.5, 0.6) is 0 Å². The zero-order valence-electron chi connectivity index (χ0n) is 6.97. The van der Waals surface area contributed by atoms with Crippen molar-refractivity contribution in [3.05, 3.63) is 34.7 Å². The summed E-state index contributed by atoms with van der Waals surface area (Å²) in [5.74, 6) is -0.992. The number of anilines is 1. The van der Waals surface area contributed by atoms with Crippen LogP contribution in [0.25, 0.3) is 0 Å². The van der Waals surface area contributed by atoms with E-state index in [-0.39, 0.29) is 5.56 Å². The lowest BCUT2D eigenvalue weighted by Gasteiger charge is -2.07. The minimum Gasteiger partial charge on any atom is -0.478 e. The van der Waals surface area contributed by atoms with Gasteiger partial charge in [0.15, 0.2) is 0 Å². The van der Waals surface area contributed by atoms with E-state index in [1.165, 1.54) is 31.3 Å². The van der Waals surface area contributed by atoms with Gasteiger partial charge in [0.1, 0.15) is 0 Å². The van der Waals surface area contributed by atoms with Crippen LogP contribution < -0.4 is 5.01 Å². The molecular formula is C8H8N2O3. The number of benzene rings is 1. The van der Waals surface area contributed by atoms with Gasteiger partial charge in [-0.1, -0.05) is 0 Å². The average molecular weight is 180 g/mol. The van der Waals surface area contributed by atoms with Crippen molar-refractivity contribution in [3.8, 4) is 0 Å². The molecule has 0 amide bonds. The Labute approximate surface area is 74.5 Å². The number of rotatable bonds is 3. The largest absolute Gasteiger partial charge is 0.478 e. The summed E-state index contributed by atoms with van der Waals surface area (Å²) in [5.41, 5.74) is 0.739. The summed E-state index contributed by atoms with van der Waals surface area (Å²) in [6, 6.07) is 5.87. The van der Waals surface area contributed by atoms with Gasteiger partial charge in [-0.15, -0.1) is 4.91 Å². The summed E-state index contributed by atoms with van der Waals surface area (Å²) in [7, 11) is 1.49. The lowest BCUT2D eigenvalue weighted by Crippen LogP contribution is -2.06. The lowest BCUT2D eigenvalue weighted by atomic mass is 10.2. The zero-order valence-corrected chi connectivity index (χ0v) is 6.97. The van der Waals surface area contributed by atoms with Crippen LogP contribution in [0, 0.1) is 4.91 Å². The van der Waals surface area contributed by atoms with Crippen molar-refractivity contribution in [2.24, 2.45) is 5.29 Å². The summed E-state index contributed by atoms with van der Waals surface area (Å²) < 4.78 is 0. The molecule has 1 aromatic rings. The maximum Gasteiger partial charge on any atom is 0.335 e. The molecule has 0 saturated carbocycles. The zero-order chi connectivity index (χ0) is 9.84. The second kappa shape index (κ2) is 3.66. The minimum absolute atomic E-state index is 0.183. The molecule has 1 N–H and O–H groups in total. The highest BCUT2D eigenvalue weighted by Crippen LogP contribution is 2.13. The van der Waals surface area contributed by atoms with Crippen LogP contribution in [0.3, 0.4) is 0 Å². The Balaban J connectivity index is 2.93. The maximum absolute atomic E-state index is 10.5. The monoisotopic (exact) mass is 180 g/mol. The van der Waals surface area contributed by atoms with Crippen molar-refractivity contribution in [2.75, 3.05) is 12.1 Å². The van der Waals surface area contributed by atoms with Gasteiger partial charge in [0.2, 0.25) is 0 Å². The Hall–Kier alpha value is -1.91. The Morgan fingerprint density at radius 2 is 1.92 bits per heavy atom. The normalized spacial score (nSPS) is 9.31. The number of nitroso groups, excluding NO2 is 1. The number of hydrogen-bond acceptors (Lipinski definition) is 3. The smallest absolute Gasteiger partial charge is 0.335 e. The number of carbonyl (C=O) groups is 1. The van der Waals surface area contributed by atoms with Crippen molar-refractivity contribution in [3.63, 3.8) is 0 Å². The fraction of sp³-hybridized carbons (Fsp3) is 0.125. The van der Waals surface area contributed by atoms with Gasteiger partial charge in [0.05, 0.1) is 16.5 Å². The molecule has 0 saturated heterocycles. The van der Waals surface area contributed by atoms with Crippen LogP contribution in [0.15, 0.2) is 29.6 Å². The molecule has 0 atom stereocenters. The lowest BCUT2D eigenvalue weighted by molar-refractivity contribution is 0.0697. The van der Waals surface area contributed by atoms with Crippen molar-refractivity contribution in [2.45, 2.75) is 0 Å². The van der Waals surface area contributed by atoms with E-state index >= 15 is 0 Å². The Bertz CT molecular complexity index is 321. The van der Waals surface area contributed by atoms with Crippen molar-refractivity contribution < 1.29 is 9.90 Å². The molecule has 1 aromatic carbocycles. The third-order valence-electron chi connectivity index (χ3n) is 1.61. The summed E-state index contributed by atoms with van der Waals surface area (Å²) in [5, 5.41) is 12.4. The van der Waals surface area contributed by atoms with Gasteiger partial charge >= 0.3 is 5.97 Å². The number of nitrogens with zero attached hydrogens (tertiary/aromatic N) is 2. The van der Waals surface area contributed by atoms with Crippen molar-refractivity contribution in [1.82, 2.24) is 0 Å². The quantitative estimate of drug-likeness (QED) is 0.565. The fourth-order valence-corrected chi connectivity index (χ4v) is 0.867. The van der Waals surface area contributed by atoms with Crippen LogP contribution in [-0.2, 0) is 0 Å². The number of aromatic carboxylic acids is 1. The molecule has 0 unspecified atom stereocenters. The standard InChI is InChI=1S/C8H8N2O3/c1-10(9-13)7-4-2-6(3-5-7)8(11)12/h2-5H,1H3,(H,11,12). The van der Waals surface area contributed by atoms with Crippen LogP contribution >= 0.6 is 0 Å². The van der Waals surface area contributed by atoms with Crippen LogP contribution in [0.2, 0.25) is 0 Å². The molecule has 5 heteroatoms. The SMILES string of the molecule is CN(N=O)c1ccc(C(=O)O)cc1. The average Bonchev–Trinajstić information content (AvgIpc) is 2.17. The Kier molecular flexibility index (Phi) is 2.59. The molecule has 0 radical (unpaired) electrons. The predicted molar refractivity (Wildman–Crippen MR) is 47.6 cm³/mol. The van der Waals surface area contributed by atoms with E-state index in [4.69, 9.17) is 5.11 Å². The van der Waals surface area contributed by atoms with Crippen LogP contribution in [0.4, 0.5) is 5.69 Å². The number of hydrogen-bond donors (Lipinski definition) is 1. The molecule has 0 spiro atoms. The van der Waals surface area contributed by atoms with Crippen molar-refractivity contribution >= 4 is 11.7 Å². The molecule has 0 bridgehead atoms. The highest BCUT2D eigenvalue weighted by atomic mass is 16.4. The van der Waals surface area contributed by atoms with E-state index in [2.05, 4.69) is 5.29 Å². The minimum atomic E-state index is -0.992. The second-order valence-electron chi connectivity index (χ2n) is 2.46. The fourth-order valence-electron chi connectivity index (χ4n) is 0.867. The highest BCUT2D eigenvalue weighted by Gasteiger charge is 2.03. The second-order valence-corrected chi connectivity index (χ2v) is 2.46. The summed E-state index contributed by atoms with van der Waals surface area (Å²) in [6.07, 6.45) is 0. The first-order chi connectivity index (χ1) is 6.15. The molecule has 0 aromatic heterocycles. The number of carboxylic acid groups (broad SMARTS) is 1. The molecule has 0 aliphatic rings. The van der Waals surface area contributed by atoms with Gasteiger partial charge in [-0.25, -0.2) is 9.80 Å². The molecule has 68 valence electrons. The third kappa shape index (κ3) is 2.02. The van der Waals surface area contributed by atoms with E-state index in [0.717, 1.165) is 5.01 Å². The van der Waals surface area contributed by atoms with E-state index < -0.39 is 5.97 Å². The molecular weight excluding hydrogens is 172 g/mol. The van der Waals surface area contributed by atoms with Crippen LogP contribution in [-0.4, -0.2) is 18.1 Å². The molecule has 0 aliphatic carbocycles. The predicted octanol–water partition coefficient (Wildman–Crippen LogP) is 1.50. The Morgan fingerprint density at radius 1 is 1.38 bits per heavy atom. The topological polar surface area (TPSA) is 70.0 Å². The van der Waals surface area contributed by atoms with Gasteiger partial charge in [-0.2, -0.15) is 0 Å². The summed E-state index contributed by atoms with van der Waals surface area (Å²) >= 11 is 0. The van der Waals surface area contributed by atoms with Gasteiger partial charge in [-0.05, 0) is 24.3 Å². The van der Waals surface area contributed by atoms with E-state index in [0.29, 0.717) is 5.69 Å². The molecule has 0 aliphatic heterocycles.